The summed E-state index contributed by atoms with van der Waals surface area (Å²) in [6.07, 6.45) is 0.904. The van der Waals surface area contributed by atoms with E-state index in [1.54, 1.807) is 14.0 Å². The molecule has 2 heterocycles. The first-order valence-corrected chi connectivity index (χ1v) is 9.13. The molecule has 0 bridgehead atoms. The fourth-order valence-electron chi connectivity index (χ4n) is 2.40. The standard InChI is InChI=1S/C16H18N4O4S/c1-3-18-25(21,22)12-9-13(17-10-12)16-19-15(20-24-16)14(23-2)11-7-5-4-6-8-11/h4-10,14,17-18H,3H2,1-2H3. The van der Waals surface area contributed by atoms with E-state index in [9.17, 15) is 8.42 Å². The van der Waals surface area contributed by atoms with Crippen LogP contribution in [-0.2, 0) is 14.8 Å². The highest BCUT2D eigenvalue weighted by molar-refractivity contribution is 7.89. The highest BCUT2D eigenvalue weighted by Crippen LogP contribution is 2.26. The van der Waals surface area contributed by atoms with E-state index in [0.717, 1.165) is 5.56 Å². The van der Waals surface area contributed by atoms with Crippen molar-refractivity contribution in [3.05, 3.63) is 54.0 Å². The quantitative estimate of drug-likeness (QED) is 0.666. The molecule has 25 heavy (non-hydrogen) atoms. The molecule has 2 aromatic heterocycles. The average molecular weight is 362 g/mol. The molecule has 0 amide bonds. The summed E-state index contributed by atoms with van der Waals surface area (Å²) >= 11 is 0. The van der Waals surface area contributed by atoms with Crippen LogP contribution in [0.5, 0.6) is 0 Å². The Morgan fingerprint density at radius 3 is 2.76 bits per heavy atom. The van der Waals surface area contributed by atoms with Crippen LogP contribution in [0.2, 0.25) is 0 Å². The molecule has 0 spiro atoms. The van der Waals surface area contributed by atoms with Gasteiger partial charge in [-0.1, -0.05) is 42.4 Å². The van der Waals surface area contributed by atoms with Gasteiger partial charge in [0.2, 0.25) is 15.8 Å². The topological polar surface area (TPSA) is 110 Å². The zero-order chi connectivity index (χ0) is 17.9. The molecule has 9 heteroatoms. The van der Waals surface area contributed by atoms with Gasteiger partial charge in [-0.25, -0.2) is 13.1 Å². The summed E-state index contributed by atoms with van der Waals surface area (Å²) in [5.41, 5.74) is 1.30. The molecule has 0 saturated carbocycles. The van der Waals surface area contributed by atoms with Crippen LogP contribution in [0.4, 0.5) is 0 Å². The van der Waals surface area contributed by atoms with Gasteiger partial charge in [-0.15, -0.1) is 0 Å². The zero-order valence-corrected chi connectivity index (χ0v) is 14.6. The third kappa shape index (κ3) is 3.63. The normalized spacial score (nSPS) is 13.0. The average Bonchev–Trinajstić information content (AvgIpc) is 3.26. The molecule has 3 rings (SSSR count). The van der Waals surface area contributed by atoms with Gasteiger partial charge in [-0.2, -0.15) is 4.98 Å². The van der Waals surface area contributed by atoms with E-state index in [2.05, 4.69) is 19.8 Å². The van der Waals surface area contributed by atoms with Crippen molar-refractivity contribution in [2.24, 2.45) is 0 Å². The van der Waals surface area contributed by atoms with Gasteiger partial charge in [0.15, 0.2) is 0 Å². The Hall–Kier alpha value is -2.49. The summed E-state index contributed by atoms with van der Waals surface area (Å²) in [7, 11) is -1.99. The lowest BCUT2D eigenvalue weighted by Gasteiger charge is -2.10. The molecule has 1 aromatic carbocycles. The Bertz CT molecular complexity index is 934. The molecular formula is C16H18N4O4S. The predicted octanol–water partition coefficient (Wildman–Crippen LogP) is 2.10. The maximum absolute atomic E-state index is 12.0. The van der Waals surface area contributed by atoms with E-state index in [4.69, 9.17) is 9.26 Å². The number of H-pyrrole nitrogens is 1. The van der Waals surface area contributed by atoms with E-state index < -0.39 is 16.1 Å². The fourth-order valence-corrected chi connectivity index (χ4v) is 3.43. The van der Waals surface area contributed by atoms with Crippen molar-refractivity contribution in [1.29, 1.82) is 0 Å². The van der Waals surface area contributed by atoms with Crippen molar-refractivity contribution in [1.82, 2.24) is 19.8 Å². The van der Waals surface area contributed by atoms with E-state index in [1.807, 2.05) is 30.3 Å². The van der Waals surface area contributed by atoms with Gasteiger partial charge in [0.05, 0.1) is 0 Å². The SMILES string of the molecule is CCNS(=O)(=O)c1c[nH]c(-c2nc(C(OC)c3ccccc3)no2)c1. The molecule has 1 atom stereocenters. The molecule has 0 fully saturated rings. The Labute approximate surface area is 145 Å². The minimum atomic E-state index is -3.55. The van der Waals surface area contributed by atoms with E-state index in [0.29, 0.717) is 18.1 Å². The summed E-state index contributed by atoms with van der Waals surface area (Å²) in [6, 6.07) is 10.9. The Balaban J connectivity index is 1.88. The second kappa shape index (κ2) is 7.18. The summed E-state index contributed by atoms with van der Waals surface area (Å²) in [4.78, 5) is 7.27. The summed E-state index contributed by atoms with van der Waals surface area (Å²) in [6.45, 7) is 2.02. The van der Waals surface area contributed by atoms with E-state index >= 15 is 0 Å². The van der Waals surface area contributed by atoms with Crippen LogP contribution in [0.15, 0.2) is 52.0 Å². The number of ether oxygens (including phenoxy) is 1. The lowest BCUT2D eigenvalue weighted by molar-refractivity contribution is 0.126. The van der Waals surface area contributed by atoms with Crippen molar-refractivity contribution in [3.63, 3.8) is 0 Å². The summed E-state index contributed by atoms with van der Waals surface area (Å²) < 4.78 is 37.1. The van der Waals surface area contributed by atoms with Crippen LogP contribution in [0.25, 0.3) is 11.6 Å². The van der Waals surface area contributed by atoms with Gasteiger partial charge in [0, 0.05) is 19.9 Å². The van der Waals surface area contributed by atoms with Crippen molar-refractivity contribution in [2.45, 2.75) is 17.9 Å². The van der Waals surface area contributed by atoms with Crippen LogP contribution in [-0.4, -0.2) is 37.2 Å². The lowest BCUT2D eigenvalue weighted by atomic mass is 10.1. The predicted molar refractivity (Wildman–Crippen MR) is 90.2 cm³/mol. The van der Waals surface area contributed by atoms with Crippen LogP contribution < -0.4 is 4.72 Å². The largest absolute Gasteiger partial charge is 0.369 e. The first-order chi connectivity index (χ1) is 12.0. The number of nitrogens with zero attached hydrogens (tertiary/aromatic N) is 2. The molecule has 8 nitrogen and oxygen atoms in total. The maximum atomic E-state index is 12.0. The molecule has 1 unspecified atom stereocenters. The first-order valence-electron chi connectivity index (χ1n) is 7.65. The van der Waals surface area contributed by atoms with Crippen LogP contribution >= 0.6 is 0 Å². The molecule has 0 aliphatic rings. The van der Waals surface area contributed by atoms with Crippen molar-refractivity contribution in [2.75, 3.05) is 13.7 Å². The third-order valence-electron chi connectivity index (χ3n) is 3.55. The van der Waals surface area contributed by atoms with Crippen LogP contribution in [0.3, 0.4) is 0 Å². The van der Waals surface area contributed by atoms with Gasteiger partial charge in [-0.05, 0) is 11.6 Å². The highest BCUT2D eigenvalue weighted by atomic mass is 32.2. The van der Waals surface area contributed by atoms with Crippen LogP contribution in [0.1, 0.15) is 24.4 Å². The van der Waals surface area contributed by atoms with Gasteiger partial charge in [-0.3, -0.25) is 0 Å². The number of aromatic nitrogens is 3. The Morgan fingerprint density at radius 2 is 2.08 bits per heavy atom. The molecule has 0 aliphatic heterocycles. The third-order valence-corrected chi connectivity index (χ3v) is 5.07. The number of rotatable bonds is 7. The minimum absolute atomic E-state index is 0.107. The molecular weight excluding hydrogens is 344 g/mol. The van der Waals surface area contributed by atoms with Gasteiger partial charge in [0.1, 0.15) is 16.7 Å². The Kier molecular flexibility index (Phi) is 4.98. The zero-order valence-electron chi connectivity index (χ0n) is 13.8. The Morgan fingerprint density at radius 1 is 1.32 bits per heavy atom. The lowest BCUT2D eigenvalue weighted by Crippen LogP contribution is -2.22. The van der Waals surface area contributed by atoms with Crippen molar-refractivity contribution >= 4 is 10.0 Å². The molecule has 132 valence electrons. The molecule has 0 radical (unpaired) electrons. The number of hydrogen-bond donors (Lipinski definition) is 2. The monoisotopic (exact) mass is 362 g/mol. The highest BCUT2D eigenvalue weighted by Gasteiger charge is 2.22. The molecule has 3 aromatic rings. The minimum Gasteiger partial charge on any atom is -0.369 e. The number of methoxy groups -OCH3 is 1. The molecule has 2 N–H and O–H groups in total. The van der Waals surface area contributed by atoms with E-state index in [-0.39, 0.29) is 10.8 Å². The molecule has 0 saturated heterocycles. The van der Waals surface area contributed by atoms with Crippen molar-refractivity contribution in [3.8, 4) is 11.6 Å². The van der Waals surface area contributed by atoms with Gasteiger partial charge >= 0.3 is 0 Å². The van der Waals surface area contributed by atoms with Crippen LogP contribution in [0, 0.1) is 0 Å². The summed E-state index contributed by atoms with van der Waals surface area (Å²) in [5.74, 6) is 0.542. The fraction of sp³-hybridized carbons (Fsp3) is 0.250. The number of benzene rings is 1. The number of nitrogens with one attached hydrogen (secondary N) is 2. The molecule has 0 aliphatic carbocycles. The smallest absolute Gasteiger partial charge is 0.274 e. The summed E-state index contributed by atoms with van der Waals surface area (Å²) in [5, 5.41) is 3.95. The van der Waals surface area contributed by atoms with Gasteiger partial charge < -0.3 is 14.2 Å². The first kappa shape index (κ1) is 17.3. The number of hydrogen-bond acceptors (Lipinski definition) is 6. The maximum Gasteiger partial charge on any atom is 0.274 e. The van der Waals surface area contributed by atoms with Crippen molar-refractivity contribution < 1.29 is 17.7 Å². The second-order valence-corrected chi connectivity index (χ2v) is 7.00. The number of sulfonamides is 1. The number of aromatic amines is 1. The second-order valence-electron chi connectivity index (χ2n) is 5.23. The van der Waals surface area contributed by atoms with Gasteiger partial charge in [0.25, 0.3) is 5.89 Å². The van der Waals surface area contributed by atoms with E-state index in [1.165, 1.54) is 12.3 Å².